The largest absolute Gasteiger partial charge is 0.144 e. The van der Waals surface area contributed by atoms with Gasteiger partial charge < -0.3 is 0 Å². The first-order chi connectivity index (χ1) is 9.93. The fourth-order valence-electron chi connectivity index (χ4n) is 2.23. The molecule has 0 fully saturated rings. The molecule has 4 heteroatoms. The van der Waals surface area contributed by atoms with E-state index in [-0.39, 0.29) is 0 Å². The van der Waals surface area contributed by atoms with Gasteiger partial charge in [-0.25, -0.2) is 0 Å². The van der Waals surface area contributed by atoms with Crippen molar-refractivity contribution in [2.45, 2.75) is 0 Å². The molecule has 0 saturated heterocycles. The predicted molar refractivity (Wildman–Crippen MR) is 94.3 cm³/mol. The van der Waals surface area contributed by atoms with Crippen LogP contribution in [0.5, 0.6) is 0 Å². The molecule has 0 N–H and O–H groups in total. The second kappa shape index (κ2) is 5.30. The van der Waals surface area contributed by atoms with Crippen LogP contribution in [0.25, 0.3) is 30.6 Å². The minimum atomic E-state index is 1.35. The van der Waals surface area contributed by atoms with E-state index in [1.165, 1.54) is 30.6 Å². The van der Waals surface area contributed by atoms with Crippen molar-refractivity contribution < 1.29 is 0 Å². The SMILES string of the molecule is c1csc(-c2ccsc2-c2ccsc2-c2cccs2)c1. The lowest BCUT2D eigenvalue weighted by Gasteiger charge is -2.03. The Kier molecular flexibility index (Phi) is 3.32. The summed E-state index contributed by atoms with van der Waals surface area (Å²) in [6, 6.07) is 13.1. The summed E-state index contributed by atoms with van der Waals surface area (Å²) in [4.78, 5) is 5.49. The summed E-state index contributed by atoms with van der Waals surface area (Å²) >= 11 is 7.29. The smallest absolute Gasteiger partial charge is 0.0529 e. The topological polar surface area (TPSA) is 0 Å². The highest BCUT2D eigenvalue weighted by Gasteiger charge is 2.15. The van der Waals surface area contributed by atoms with E-state index in [0.29, 0.717) is 0 Å². The zero-order chi connectivity index (χ0) is 13.4. The first-order valence-electron chi connectivity index (χ1n) is 6.16. The summed E-state index contributed by atoms with van der Waals surface area (Å²) in [5.41, 5.74) is 2.73. The average Bonchev–Trinajstić information content (AvgIpc) is 3.23. The van der Waals surface area contributed by atoms with Gasteiger partial charge >= 0.3 is 0 Å². The minimum absolute atomic E-state index is 1.35. The second-order valence-electron chi connectivity index (χ2n) is 4.28. The van der Waals surface area contributed by atoms with Gasteiger partial charge in [-0.3, -0.25) is 0 Å². The summed E-state index contributed by atoms with van der Waals surface area (Å²) in [6.07, 6.45) is 0. The number of hydrogen-bond acceptors (Lipinski definition) is 4. The molecule has 0 atom stereocenters. The van der Waals surface area contributed by atoms with Crippen molar-refractivity contribution in [1.29, 1.82) is 0 Å². The van der Waals surface area contributed by atoms with Crippen molar-refractivity contribution in [3.05, 3.63) is 57.9 Å². The van der Waals surface area contributed by atoms with Gasteiger partial charge in [0.15, 0.2) is 0 Å². The van der Waals surface area contributed by atoms with Crippen molar-refractivity contribution in [1.82, 2.24) is 0 Å². The Morgan fingerprint density at radius 1 is 0.500 bits per heavy atom. The predicted octanol–water partition coefficient (Wildman–Crippen LogP) is 6.93. The lowest BCUT2D eigenvalue weighted by Crippen LogP contribution is -1.75. The molecule has 0 radical (unpaired) electrons. The van der Waals surface area contributed by atoms with E-state index in [9.17, 15) is 0 Å². The second-order valence-corrected chi connectivity index (χ2v) is 8.01. The molecule has 4 aromatic rings. The molecule has 0 aliphatic rings. The molecule has 0 aromatic carbocycles. The van der Waals surface area contributed by atoms with Crippen LogP contribution in [0.4, 0.5) is 0 Å². The normalized spacial score (nSPS) is 11.0. The van der Waals surface area contributed by atoms with E-state index in [1.807, 2.05) is 45.3 Å². The van der Waals surface area contributed by atoms with Crippen LogP contribution in [0.3, 0.4) is 0 Å². The molecule has 0 unspecified atom stereocenters. The zero-order valence-corrected chi connectivity index (χ0v) is 13.7. The van der Waals surface area contributed by atoms with Gasteiger partial charge in [-0.2, -0.15) is 0 Å². The number of hydrogen-bond donors (Lipinski definition) is 0. The summed E-state index contributed by atoms with van der Waals surface area (Å²) in [5, 5.41) is 8.68. The molecule has 0 amide bonds. The number of thiophene rings is 4. The molecular weight excluding hydrogens is 320 g/mol. The highest BCUT2D eigenvalue weighted by molar-refractivity contribution is 7.21. The van der Waals surface area contributed by atoms with Crippen LogP contribution in [-0.2, 0) is 0 Å². The van der Waals surface area contributed by atoms with Crippen LogP contribution in [0.15, 0.2) is 57.9 Å². The van der Waals surface area contributed by atoms with Crippen LogP contribution in [-0.4, -0.2) is 0 Å². The molecule has 4 aromatic heterocycles. The summed E-state index contributed by atoms with van der Waals surface area (Å²) < 4.78 is 0. The van der Waals surface area contributed by atoms with E-state index in [1.54, 1.807) is 0 Å². The van der Waals surface area contributed by atoms with E-state index in [0.717, 1.165) is 0 Å². The lowest BCUT2D eigenvalue weighted by atomic mass is 10.1. The molecular formula is C16H10S4. The summed E-state index contributed by atoms with van der Waals surface area (Å²) in [6.45, 7) is 0. The maximum atomic E-state index is 2.25. The van der Waals surface area contributed by atoms with Crippen molar-refractivity contribution >= 4 is 45.3 Å². The van der Waals surface area contributed by atoms with Gasteiger partial charge in [0.05, 0.1) is 4.88 Å². The van der Waals surface area contributed by atoms with Crippen LogP contribution >= 0.6 is 45.3 Å². The molecule has 0 spiro atoms. The zero-order valence-electron chi connectivity index (χ0n) is 10.4. The van der Waals surface area contributed by atoms with Gasteiger partial charge in [0.2, 0.25) is 0 Å². The van der Waals surface area contributed by atoms with Crippen LogP contribution < -0.4 is 0 Å². The first kappa shape index (κ1) is 12.5. The Morgan fingerprint density at radius 2 is 1.15 bits per heavy atom. The highest BCUT2D eigenvalue weighted by Crippen LogP contribution is 2.45. The van der Waals surface area contributed by atoms with Gasteiger partial charge in [-0.05, 0) is 45.8 Å². The summed E-state index contributed by atoms with van der Waals surface area (Å²) in [7, 11) is 0. The van der Waals surface area contributed by atoms with Gasteiger partial charge in [0, 0.05) is 25.8 Å². The van der Waals surface area contributed by atoms with Crippen molar-refractivity contribution in [3.8, 4) is 30.6 Å². The van der Waals surface area contributed by atoms with Gasteiger partial charge in [0.25, 0.3) is 0 Å². The molecule has 0 aliphatic heterocycles. The van der Waals surface area contributed by atoms with Crippen molar-refractivity contribution in [2.24, 2.45) is 0 Å². The Bertz CT molecular complexity index is 730. The molecule has 4 rings (SSSR count). The Labute approximate surface area is 133 Å². The lowest BCUT2D eigenvalue weighted by molar-refractivity contribution is 1.83. The molecule has 0 saturated carbocycles. The van der Waals surface area contributed by atoms with Crippen molar-refractivity contribution in [2.75, 3.05) is 0 Å². The van der Waals surface area contributed by atoms with E-state index in [2.05, 4.69) is 57.9 Å². The monoisotopic (exact) mass is 330 g/mol. The molecule has 0 aliphatic carbocycles. The number of rotatable bonds is 3. The quantitative estimate of drug-likeness (QED) is 0.382. The molecule has 0 nitrogen and oxygen atoms in total. The van der Waals surface area contributed by atoms with Crippen LogP contribution in [0.1, 0.15) is 0 Å². The highest BCUT2D eigenvalue weighted by atomic mass is 32.1. The molecule has 20 heavy (non-hydrogen) atoms. The van der Waals surface area contributed by atoms with E-state index >= 15 is 0 Å². The Balaban J connectivity index is 1.88. The Morgan fingerprint density at radius 3 is 1.85 bits per heavy atom. The van der Waals surface area contributed by atoms with Gasteiger partial charge in [-0.15, -0.1) is 45.3 Å². The fraction of sp³-hybridized carbons (Fsp3) is 0. The minimum Gasteiger partial charge on any atom is -0.144 e. The third-order valence-electron chi connectivity index (χ3n) is 3.11. The van der Waals surface area contributed by atoms with Crippen molar-refractivity contribution in [3.63, 3.8) is 0 Å². The fourth-order valence-corrected chi connectivity index (χ4v) is 5.85. The third kappa shape index (κ3) is 2.09. The standard InChI is InChI=1S/C16H10S4/c1-3-13(17-7-1)11-5-9-19-15(11)12-6-10-20-16(12)14-4-2-8-18-14/h1-10H. The van der Waals surface area contributed by atoms with Gasteiger partial charge in [-0.1, -0.05) is 12.1 Å². The Hall–Kier alpha value is -1.20. The van der Waals surface area contributed by atoms with Gasteiger partial charge in [0.1, 0.15) is 0 Å². The van der Waals surface area contributed by atoms with E-state index < -0.39 is 0 Å². The average molecular weight is 331 g/mol. The molecule has 4 heterocycles. The third-order valence-corrected chi connectivity index (χ3v) is 6.92. The maximum absolute atomic E-state index is 2.25. The maximum Gasteiger partial charge on any atom is 0.0529 e. The molecule has 98 valence electrons. The van der Waals surface area contributed by atoms with Crippen LogP contribution in [0, 0.1) is 0 Å². The van der Waals surface area contributed by atoms with Crippen LogP contribution in [0.2, 0.25) is 0 Å². The summed E-state index contributed by atoms with van der Waals surface area (Å²) in [5.74, 6) is 0. The molecule has 0 bridgehead atoms. The first-order valence-corrected chi connectivity index (χ1v) is 9.68. The van der Waals surface area contributed by atoms with E-state index in [4.69, 9.17) is 0 Å².